The summed E-state index contributed by atoms with van der Waals surface area (Å²) >= 11 is 1.71. The van der Waals surface area contributed by atoms with E-state index in [9.17, 15) is 4.79 Å². The number of piperidine rings is 1. The molecule has 148 valence electrons. The smallest absolute Gasteiger partial charge is 0.222 e. The summed E-state index contributed by atoms with van der Waals surface area (Å²) in [4.78, 5) is 15.0. The van der Waals surface area contributed by atoms with Crippen LogP contribution in [0.1, 0.15) is 55.2 Å². The van der Waals surface area contributed by atoms with Crippen molar-refractivity contribution in [2.45, 2.75) is 43.4 Å². The summed E-state index contributed by atoms with van der Waals surface area (Å²) < 4.78 is 0. The van der Waals surface area contributed by atoms with Gasteiger partial charge in [0.15, 0.2) is 0 Å². The predicted molar refractivity (Wildman–Crippen MR) is 122 cm³/mol. The average molecular weight is 402 g/mol. The molecule has 0 unspecified atom stereocenters. The Bertz CT molecular complexity index is 958. The standard InChI is InChI=1S/C26H27NOS/c1-29-25-16-8-7-15-24(25)19-18-23-14-6-5-13-22(23)12-4-2-3-10-20-27-21-11-9-17-26(27)28/h5-8,13-16H,2-3,9-11,17,20-21H2,1H3. The lowest BCUT2D eigenvalue weighted by Gasteiger charge is -2.26. The molecule has 1 saturated heterocycles. The first kappa shape index (κ1) is 21.1. The maximum atomic E-state index is 11.8. The fourth-order valence-electron chi connectivity index (χ4n) is 3.36. The van der Waals surface area contributed by atoms with Gasteiger partial charge in [0.25, 0.3) is 0 Å². The van der Waals surface area contributed by atoms with Crippen molar-refractivity contribution in [3.8, 4) is 23.7 Å². The number of nitrogens with zero attached hydrogens (tertiary/aromatic N) is 1. The molecule has 2 aromatic carbocycles. The van der Waals surface area contributed by atoms with Crippen molar-refractivity contribution in [1.29, 1.82) is 0 Å². The van der Waals surface area contributed by atoms with Crippen molar-refractivity contribution < 1.29 is 4.79 Å². The van der Waals surface area contributed by atoms with Gasteiger partial charge in [-0.1, -0.05) is 47.9 Å². The molecule has 3 rings (SSSR count). The van der Waals surface area contributed by atoms with Crippen molar-refractivity contribution in [1.82, 2.24) is 4.90 Å². The predicted octanol–water partition coefficient (Wildman–Crippen LogP) is 5.34. The second-order valence-electron chi connectivity index (χ2n) is 7.09. The van der Waals surface area contributed by atoms with E-state index >= 15 is 0 Å². The van der Waals surface area contributed by atoms with Gasteiger partial charge in [0.2, 0.25) is 5.91 Å². The molecular formula is C26H27NOS. The molecule has 1 fully saturated rings. The Morgan fingerprint density at radius 1 is 0.897 bits per heavy atom. The minimum Gasteiger partial charge on any atom is -0.343 e. The number of hydrogen-bond acceptors (Lipinski definition) is 2. The van der Waals surface area contributed by atoms with Gasteiger partial charge in [-0.15, -0.1) is 11.8 Å². The highest BCUT2D eigenvalue weighted by atomic mass is 32.2. The Labute approximate surface area is 179 Å². The first-order valence-corrected chi connectivity index (χ1v) is 11.5. The molecule has 1 amide bonds. The maximum Gasteiger partial charge on any atom is 0.222 e. The summed E-state index contributed by atoms with van der Waals surface area (Å²) in [6.45, 7) is 1.80. The topological polar surface area (TPSA) is 20.3 Å². The second-order valence-corrected chi connectivity index (χ2v) is 7.94. The molecule has 3 heteroatoms. The zero-order chi connectivity index (χ0) is 20.3. The van der Waals surface area contributed by atoms with E-state index in [4.69, 9.17) is 0 Å². The van der Waals surface area contributed by atoms with Gasteiger partial charge in [0.1, 0.15) is 0 Å². The third kappa shape index (κ3) is 6.45. The molecular weight excluding hydrogens is 374 g/mol. The number of likely N-dealkylation sites (tertiary alicyclic amines) is 1. The number of carbonyl (C=O) groups is 1. The zero-order valence-corrected chi connectivity index (χ0v) is 17.9. The zero-order valence-electron chi connectivity index (χ0n) is 17.0. The van der Waals surface area contributed by atoms with E-state index in [1.54, 1.807) is 11.8 Å². The van der Waals surface area contributed by atoms with Gasteiger partial charge in [-0.3, -0.25) is 4.79 Å². The van der Waals surface area contributed by atoms with Gasteiger partial charge in [-0.25, -0.2) is 0 Å². The summed E-state index contributed by atoms with van der Waals surface area (Å²) in [7, 11) is 0. The molecule has 0 aromatic heterocycles. The Hall–Kier alpha value is -2.62. The minimum absolute atomic E-state index is 0.317. The van der Waals surface area contributed by atoms with E-state index in [0.29, 0.717) is 5.91 Å². The Morgan fingerprint density at radius 3 is 2.34 bits per heavy atom. The number of amides is 1. The van der Waals surface area contributed by atoms with Crippen LogP contribution < -0.4 is 0 Å². The van der Waals surface area contributed by atoms with E-state index in [2.05, 4.69) is 42.1 Å². The van der Waals surface area contributed by atoms with Crippen molar-refractivity contribution in [2.75, 3.05) is 19.3 Å². The van der Waals surface area contributed by atoms with E-state index in [1.807, 2.05) is 41.3 Å². The van der Waals surface area contributed by atoms with Crippen LogP contribution in [0.25, 0.3) is 0 Å². The highest BCUT2D eigenvalue weighted by Crippen LogP contribution is 2.19. The van der Waals surface area contributed by atoms with Crippen LogP contribution in [-0.4, -0.2) is 30.2 Å². The number of thioether (sulfide) groups is 1. The maximum absolute atomic E-state index is 11.8. The molecule has 0 bridgehead atoms. The van der Waals surface area contributed by atoms with Gasteiger partial charge in [0.05, 0.1) is 0 Å². The Kier molecular flexibility index (Phi) is 8.29. The van der Waals surface area contributed by atoms with Crippen LogP contribution in [0.2, 0.25) is 0 Å². The summed E-state index contributed by atoms with van der Waals surface area (Å²) in [6, 6.07) is 16.3. The number of rotatable bonds is 5. The lowest BCUT2D eigenvalue weighted by atomic mass is 10.1. The van der Waals surface area contributed by atoms with Crippen molar-refractivity contribution in [3.63, 3.8) is 0 Å². The summed E-state index contributed by atoms with van der Waals surface area (Å²) in [6.07, 6.45) is 7.87. The van der Waals surface area contributed by atoms with Crippen LogP contribution in [-0.2, 0) is 4.79 Å². The third-order valence-corrected chi connectivity index (χ3v) is 5.79. The Morgan fingerprint density at radius 2 is 1.59 bits per heavy atom. The van der Waals surface area contributed by atoms with Crippen LogP contribution in [0.15, 0.2) is 53.4 Å². The van der Waals surface area contributed by atoms with Gasteiger partial charge in [-0.05, 0) is 56.2 Å². The summed E-state index contributed by atoms with van der Waals surface area (Å²) in [5.41, 5.74) is 3.00. The molecule has 29 heavy (non-hydrogen) atoms. The van der Waals surface area contributed by atoms with Gasteiger partial charge < -0.3 is 4.90 Å². The average Bonchev–Trinajstić information content (AvgIpc) is 2.76. The quantitative estimate of drug-likeness (QED) is 0.383. The normalized spacial score (nSPS) is 13.3. The first-order valence-electron chi connectivity index (χ1n) is 10.3. The molecule has 1 aliphatic rings. The highest BCUT2D eigenvalue weighted by molar-refractivity contribution is 7.98. The molecule has 0 spiro atoms. The van der Waals surface area contributed by atoms with Crippen LogP contribution in [0, 0.1) is 23.7 Å². The van der Waals surface area contributed by atoms with Crippen LogP contribution in [0.3, 0.4) is 0 Å². The van der Waals surface area contributed by atoms with Crippen LogP contribution in [0.4, 0.5) is 0 Å². The second kappa shape index (κ2) is 11.4. The van der Waals surface area contributed by atoms with Gasteiger partial charge in [0, 0.05) is 47.5 Å². The lowest BCUT2D eigenvalue weighted by molar-refractivity contribution is -0.133. The van der Waals surface area contributed by atoms with Gasteiger partial charge in [-0.2, -0.15) is 0 Å². The number of unbranched alkanes of at least 4 members (excludes halogenated alkanes) is 2. The van der Waals surface area contributed by atoms with Gasteiger partial charge >= 0.3 is 0 Å². The molecule has 0 saturated carbocycles. The first-order chi connectivity index (χ1) is 14.3. The summed E-state index contributed by atoms with van der Waals surface area (Å²) in [5.74, 6) is 13.5. The molecule has 1 heterocycles. The van der Waals surface area contributed by atoms with E-state index in [-0.39, 0.29) is 0 Å². The Balaban J connectivity index is 1.56. The van der Waals surface area contributed by atoms with Crippen molar-refractivity contribution >= 4 is 17.7 Å². The van der Waals surface area contributed by atoms with Crippen molar-refractivity contribution in [2.24, 2.45) is 0 Å². The summed E-state index contributed by atoms with van der Waals surface area (Å²) in [5, 5.41) is 0. The monoisotopic (exact) mass is 401 g/mol. The molecule has 0 N–H and O–H groups in total. The fraction of sp³-hybridized carbons (Fsp3) is 0.346. The highest BCUT2D eigenvalue weighted by Gasteiger charge is 2.16. The van der Waals surface area contributed by atoms with Crippen LogP contribution >= 0.6 is 11.8 Å². The SMILES string of the molecule is CSc1ccccc1C#Cc1ccccc1C#CCCCCN1CCCCC1=O. The number of benzene rings is 2. The molecule has 0 aliphatic carbocycles. The molecule has 0 radical (unpaired) electrons. The van der Waals surface area contributed by atoms with E-state index in [0.717, 1.165) is 68.3 Å². The van der Waals surface area contributed by atoms with Crippen LogP contribution in [0.5, 0.6) is 0 Å². The number of hydrogen-bond donors (Lipinski definition) is 0. The molecule has 2 aromatic rings. The van der Waals surface area contributed by atoms with Crippen molar-refractivity contribution in [3.05, 3.63) is 65.2 Å². The third-order valence-electron chi connectivity index (χ3n) is 4.99. The number of carbonyl (C=O) groups excluding carboxylic acids is 1. The van der Waals surface area contributed by atoms with E-state index in [1.165, 1.54) is 4.90 Å². The largest absolute Gasteiger partial charge is 0.343 e. The molecule has 1 aliphatic heterocycles. The fourth-order valence-corrected chi connectivity index (χ4v) is 3.91. The minimum atomic E-state index is 0.317. The van der Waals surface area contributed by atoms with E-state index < -0.39 is 0 Å². The lowest BCUT2D eigenvalue weighted by Crippen LogP contribution is -2.35. The molecule has 0 atom stereocenters. The molecule has 2 nitrogen and oxygen atoms in total.